The van der Waals surface area contributed by atoms with Gasteiger partial charge in [-0.15, -0.1) is 11.3 Å². The number of amides is 3. The standard InChI is InChI=1S/C26H24N4O5S/c31-22(16-6-2-1-3-7-16)24(33)29-28-23(32)19-15-36-25(27-19)17-10-12-30(13-11-17)26(34)21-14-18-8-4-5-9-20(18)35-21/h1-9,14-15,17,22,31H,10-13H2,(H,28,32)(H,29,33). The van der Waals surface area contributed by atoms with E-state index in [0.29, 0.717) is 30.0 Å². The van der Waals surface area contributed by atoms with Crippen LogP contribution in [0.5, 0.6) is 0 Å². The molecule has 2 aromatic heterocycles. The van der Waals surface area contributed by atoms with Crippen LogP contribution in [-0.4, -0.2) is 45.8 Å². The molecule has 0 bridgehead atoms. The SMILES string of the molecule is O=C(NNC(=O)C(O)c1ccccc1)c1csc(C2CCN(C(=O)c3cc4ccccc4o3)CC2)n1. The highest BCUT2D eigenvalue weighted by Gasteiger charge is 2.28. The van der Waals surface area contributed by atoms with Crippen molar-refractivity contribution >= 4 is 40.0 Å². The lowest BCUT2D eigenvalue weighted by Gasteiger charge is -2.30. The van der Waals surface area contributed by atoms with Crippen molar-refractivity contribution in [2.24, 2.45) is 0 Å². The molecule has 1 unspecified atom stereocenters. The highest BCUT2D eigenvalue weighted by molar-refractivity contribution is 7.09. The molecule has 0 saturated carbocycles. The molecule has 1 saturated heterocycles. The number of hydrogen-bond donors (Lipinski definition) is 3. The Kier molecular flexibility index (Phi) is 6.79. The van der Waals surface area contributed by atoms with Gasteiger partial charge in [-0.2, -0.15) is 0 Å². The maximum atomic E-state index is 12.9. The molecule has 9 nitrogen and oxygen atoms in total. The molecular weight excluding hydrogens is 480 g/mol. The van der Waals surface area contributed by atoms with Crippen LogP contribution in [0, 0.1) is 0 Å². The van der Waals surface area contributed by atoms with Crippen molar-refractivity contribution in [1.29, 1.82) is 0 Å². The Balaban J connectivity index is 1.13. The average Bonchev–Trinajstić information content (AvgIpc) is 3.59. The Morgan fingerprint density at radius 2 is 1.75 bits per heavy atom. The molecule has 1 atom stereocenters. The summed E-state index contributed by atoms with van der Waals surface area (Å²) in [5, 5.41) is 13.5. The van der Waals surface area contributed by atoms with Gasteiger partial charge < -0.3 is 14.4 Å². The predicted octanol–water partition coefficient (Wildman–Crippen LogP) is 3.40. The summed E-state index contributed by atoms with van der Waals surface area (Å²) in [7, 11) is 0. The van der Waals surface area contributed by atoms with E-state index >= 15 is 0 Å². The first-order valence-corrected chi connectivity index (χ1v) is 12.4. The van der Waals surface area contributed by atoms with Gasteiger partial charge in [-0.3, -0.25) is 25.2 Å². The lowest BCUT2D eigenvalue weighted by Crippen LogP contribution is -2.44. The van der Waals surface area contributed by atoms with Crippen molar-refractivity contribution in [2.45, 2.75) is 24.9 Å². The van der Waals surface area contributed by atoms with E-state index in [4.69, 9.17) is 4.42 Å². The highest BCUT2D eigenvalue weighted by Crippen LogP contribution is 2.31. The number of piperidine rings is 1. The van der Waals surface area contributed by atoms with Gasteiger partial charge in [0.1, 0.15) is 11.3 Å². The van der Waals surface area contributed by atoms with Crippen molar-refractivity contribution in [3.63, 3.8) is 0 Å². The van der Waals surface area contributed by atoms with Crippen LogP contribution in [0.15, 0.2) is 70.5 Å². The van der Waals surface area contributed by atoms with Crippen LogP contribution in [0.3, 0.4) is 0 Å². The van der Waals surface area contributed by atoms with Crippen LogP contribution in [0.2, 0.25) is 0 Å². The summed E-state index contributed by atoms with van der Waals surface area (Å²) >= 11 is 1.37. The van der Waals surface area contributed by atoms with Crippen LogP contribution in [-0.2, 0) is 4.79 Å². The number of nitrogens with one attached hydrogen (secondary N) is 2. The zero-order valence-electron chi connectivity index (χ0n) is 19.2. The van der Waals surface area contributed by atoms with Crippen molar-refractivity contribution in [3.8, 4) is 0 Å². The number of nitrogens with zero attached hydrogens (tertiary/aromatic N) is 2. The molecule has 4 aromatic rings. The lowest BCUT2D eigenvalue weighted by molar-refractivity contribution is -0.130. The van der Waals surface area contributed by atoms with E-state index in [1.807, 2.05) is 24.3 Å². The maximum Gasteiger partial charge on any atom is 0.289 e. The fourth-order valence-corrected chi connectivity index (χ4v) is 5.16. The van der Waals surface area contributed by atoms with Crippen molar-refractivity contribution < 1.29 is 23.9 Å². The van der Waals surface area contributed by atoms with Gasteiger partial charge in [-0.25, -0.2) is 4.98 Å². The first-order chi connectivity index (χ1) is 17.5. The fraction of sp³-hybridized carbons (Fsp3) is 0.231. The molecule has 36 heavy (non-hydrogen) atoms. The van der Waals surface area contributed by atoms with E-state index in [0.717, 1.165) is 23.2 Å². The third-order valence-electron chi connectivity index (χ3n) is 6.19. The smallest absolute Gasteiger partial charge is 0.289 e. The number of aliphatic hydroxyl groups is 1. The minimum absolute atomic E-state index is 0.128. The molecule has 184 valence electrons. The van der Waals surface area contributed by atoms with Crippen LogP contribution in [0.1, 0.15) is 56.5 Å². The number of rotatable bonds is 5. The van der Waals surface area contributed by atoms with Gasteiger partial charge in [0.25, 0.3) is 17.7 Å². The fourth-order valence-electron chi connectivity index (χ4n) is 4.19. The number of aromatic nitrogens is 1. The van der Waals surface area contributed by atoms with E-state index in [-0.39, 0.29) is 17.5 Å². The normalized spacial score (nSPS) is 15.0. The third-order valence-corrected chi connectivity index (χ3v) is 7.19. The van der Waals surface area contributed by atoms with Crippen LogP contribution in [0.25, 0.3) is 11.0 Å². The molecule has 3 amide bonds. The monoisotopic (exact) mass is 504 g/mol. The Bertz CT molecular complexity index is 1360. The van der Waals surface area contributed by atoms with E-state index in [1.165, 1.54) is 11.3 Å². The molecule has 0 aliphatic carbocycles. The number of carbonyl (C=O) groups is 3. The summed E-state index contributed by atoms with van der Waals surface area (Å²) in [5.74, 6) is -0.972. The van der Waals surface area contributed by atoms with Crippen molar-refractivity contribution in [3.05, 3.63) is 88.1 Å². The van der Waals surface area contributed by atoms with Crippen LogP contribution >= 0.6 is 11.3 Å². The topological polar surface area (TPSA) is 125 Å². The lowest BCUT2D eigenvalue weighted by atomic mass is 9.97. The van der Waals surface area contributed by atoms with Crippen molar-refractivity contribution in [2.75, 3.05) is 13.1 Å². The summed E-state index contributed by atoms with van der Waals surface area (Å²) in [6, 6.07) is 17.7. The Hall–Kier alpha value is -4.02. The van der Waals surface area contributed by atoms with Gasteiger partial charge in [-0.1, -0.05) is 48.5 Å². The van der Waals surface area contributed by atoms with Gasteiger partial charge in [0.2, 0.25) is 0 Å². The summed E-state index contributed by atoms with van der Waals surface area (Å²) in [6.45, 7) is 1.13. The second-order valence-electron chi connectivity index (χ2n) is 8.54. The summed E-state index contributed by atoms with van der Waals surface area (Å²) in [6.07, 6.45) is 0.0473. The van der Waals surface area contributed by atoms with Gasteiger partial charge >= 0.3 is 0 Å². The minimum atomic E-state index is -1.40. The second kappa shape index (κ2) is 10.3. The van der Waals surface area contributed by atoms with Gasteiger partial charge in [0, 0.05) is 29.8 Å². The predicted molar refractivity (Wildman–Crippen MR) is 133 cm³/mol. The number of para-hydroxylation sites is 1. The first kappa shape index (κ1) is 23.7. The molecule has 1 aliphatic rings. The molecular formula is C26H24N4O5S. The van der Waals surface area contributed by atoms with Crippen LogP contribution < -0.4 is 10.9 Å². The molecule has 3 heterocycles. The number of aliphatic hydroxyl groups excluding tert-OH is 1. The number of likely N-dealkylation sites (tertiary alicyclic amines) is 1. The maximum absolute atomic E-state index is 12.9. The number of hydrogen-bond acceptors (Lipinski definition) is 7. The van der Waals surface area contributed by atoms with Gasteiger partial charge in [0.05, 0.1) is 5.01 Å². The number of hydrazine groups is 1. The Morgan fingerprint density at radius 3 is 2.50 bits per heavy atom. The third kappa shape index (κ3) is 5.00. The van der Waals surface area contributed by atoms with E-state index in [9.17, 15) is 19.5 Å². The van der Waals surface area contributed by atoms with E-state index < -0.39 is 17.9 Å². The summed E-state index contributed by atoms with van der Waals surface area (Å²) < 4.78 is 5.71. The molecule has 5 rings (SSSR count). The number of benzene rings is 2. The molecule has 1 aliphatic heterocycles. The molecule has 2 aromatic carbocycles. The Morgan fingerprint density at radius 1 is 1.03 bits per heavy atom. The molecule has 0 radical (unpaired) electrons. The number of fused-ring (bicyclic) bond motifs is 1. The average molecular weight is 505 g/mol. The zero-order chi connectivity index (χ0) is 25.1. The van der Waals surface area contributed by atoms with E-state index in [2.05, 4.69) is 15.8 Å². The molecule has 3 N–H and O–H groups in total. The molecule has 10 heteroatoms. The minimum Gasteiger partial charge on any atom is -0.451 e. The largest absolute Gasteiger partial charge is 0.451 e. The molecule has 1 fully saturated rings. The number of carbonyl (C=O) groups excluding carboxylic acids is 3. The number of thiazole rings is 1. The zero-order valence-corrected chi connectivity index (χ0v) is 20.0. The first-order valence-electron chi connectivity index (χ1n) is 11.6. The van der Waals surface area contributed by atoms with Gasteiger partial charge in [0.15, 0.2) is 11.9 Å². The Labute approximate surface area is 210 Å². The van der Waals surface area contributed by atoms with E-state index in [1.54, 1.807) is 46.7 Å². The summed E-state index contributed by atoms with van der Waals surface area (Å²) in [5.41, 5.74) is 5.83. The molecule has 0 spiro atoms. The quantitative estimate of drug-likeness (QED) is 0.358. The summed E-state index contributed by atoms with van der Waals surface area (Å²) in [4.78, 5) is 43.7. The second-order valence-corrected chi connectivity index (χ2v) is 9.43. The van der Waals surface area contributed by atoms with Gasteiger partial charge in [-0.05, 0) is 30.5 Å². The van der Waals surface area contributed by atoms with Crippen LogP contribution in [0.4, 0.5) is 0 Å². The highest BCUT2D eigenvalue weighted by atomic mass is 32.1. The number of furan rings is 1. The van der Waals surface area contributed by atoms with Crippen molar-refractivity contribution in [1.82, 2.24) is 20.7 Å².